The standard InChI is InChI=1S/C14H19BrN2O3/c1-17(10-14(19)16-7-8-20-2)9-13(18)11-3-5-12(15)6-4-11/h3-6H,7-10H2,1-2H3,(H,16,19). The number of carbonyl (C=O) groups is 2. The van der Waals surface area contributed by atoms with E-state index in [0.29, 0.717) is 18.7 Å². The van der Waals surface area contributed by atoms with Crippen LogP contribution in [0.1, 0.15) is 10.4 Å². The minimum atomic E-state index is -0.117. The van der Waals surface area contributed by atoms with Gasteiger partial charge in [0.2, 0.25) is 5.91 Å². The summed E-state index contributed by atoms with van der Waals surface area (Å²) in [7, 11) is 3.32. The number of halogens is 1. The number of amides is 1. The van der Waals surface area contributed by atoms with Gasteiger partial charge in [-0.1, -0.05) is 28.1 Å². The normalized spacial score (nSPS) is 10.6. The van der Waals surface area contributed by atoms with Crippen LogP contribution in [-0.4, -0.2) is 57.0 Å². The van der Waals surface area contributed by atoms with Gasteiger partial charge < -0.3 is 10.1 Å². The van der Waals surface area contributed by atoms with Crippen LogP contribution in [0.4, 0.5) is 0 Å². The number of ketones is 1. The quantitative estimate of drug-likeness (QED) is 0.572. The molecule has 0 heterocycles. The van der Waals surface area contributed by atoms with E-state index < -0.39 is 0 Å². The minimum Gasteiger partial charge on any atom is -0.383 e. The van der Waals surface area contributed by atoms with Gasteiger partial charge in [0.15, 0.2) is 5.78 Å². The summed E-state index contributed by atoms with van der Waals surface area (Å²) in [5.74, 6) is -0.127. The molecule has 5 nitrogen and oxygen atoms in total. The van der Waals surface area contributed by atoms with Crippen molar-refractivity contribution in [1.29, 1.82) is 0 Å². The number of nitrogens with one attached hydrogen (secondary N) is 1. The Labute approximate surface area is 127 Å². The maximum absolute atomic E-state index is 12.0. The van der Waals surface area contributed by atoms with E-state index in [1.165, 1.54) is 0 Å². The maximum Gasteiger partial charge on any atom is 0.234 e. The van der Waals surface area contributed by atoms with Crippen LogP contribution in [0, 0.1) is 0 Å². The van der Waals surface area contributed by atoms with Gasteiger partial charge in [-0.25, -0.2) is 0 Å². The number of nitrogens with zero attached hydrogens (tertiary/aromatic N) is 1. The summed E-state index contributed by atoms with van der Waals surface area (Å²) in [4.78, 5) is 25.3. The van der Waals surface area contributed by atoms with E-state index in [1.54, 1.807) is 31.2 Å². The minimum absolute atomic E-state index is 0.00954. The molecular weight excluding hydrogens is 324 g/mol. The van der Waals surface area contributed by atoms with Crippen molar-refractivity contribution >= 4 is 27.6 Å². The fraction of sp³-hybridized carbons (Fsp3) is 0.429. The average molecular weight is 343 g/mol. The first-order valence-corrected chi connectivity index (χ1v) is 7.05. The molecule has 0 saturated heterocycles. The molecule has 110 valence electrons. The topological polar surface area (TPSA) is 58.6 Å². The van der Waals surface area contributed by atoms with Crippen molar-refractivity contribution in [3.05, 3.63) is 34.3 Å². The van der Waals surface area contributed by atoms with Gasteiger partial charge in [-0.15, -0.1) is 0 Å². The Morgan fingerprint density at radius 1 is 1.25 bits per heavy atom. The number of likely N-dealkylation sites (N-methyl/N-ethyl adjacent to an activating group) is 1. The molecule has 6 heteroatoms. The van der Waals surface area contributed by atoms with Crippen molar-refractivity contribution in [2.75, 3.05) is 40.4 Å². The summed E-state index contributed by atoms with van der Waals surface area (Å²) < 4.78 is 5.77. The average Bonchev–Trinajstić information content (AvgIpc) is 2.39. The van der Waals surface area contributed by atoms with E-state index in [0.717, 1.165) is 4.47 Å². The van der Waals surface area contributed by atoms with Crippen LogP contribution in [0.25, 0.3) is 0 Å². The highest BCUT2D eigenvalue weighted by atomic mass is 79.9. The molecular formula is C14H19BrN2O3. The second-order valence-electron chi connectivity index (χ2n) is 4.45. The zero-order chi connectivity index (χ0) is 15.0. The lowest BCUT2D eigenvalue weighted by Crippen LogP contribution is -2.38. The number of Topliss-reactive ketones (excluding diaryl/α,β-unsaturated/α-hetero) is 1. The Balaban J connectivity index is 2.37. The Hall–Kier alpha value is -1.24. The summed E-state index contributed by atoms with van der Waals surface area (Å²) in [6.45, 7) is 1.35. The molecule has 0 saturated carbocycles. The smallest absolute Gasteiger partial charge is 0.234 e. The van der Waals surface area contributed by atoms with Crippen LogP contribution in [-0.2, 0) is 9.53 Å². The van der Waals surface area contributed by atoms with Gasteiger partial charge in [-0.3, -0.25) is 14.5 Å². The Kier molecular flexibility index (Phi) is 7.43. The van der Waals surface area contributed by atoms with Crippen molar-refractivity contribution in [3.63, 3.8) is 0 Å². The highest BCUT2D eigenvalue weighted by Crippen LogP contribution is 2.11. The third kappa shape index (κ3) is 6.27. The summed E-state index contributed by atoms with van der Waals surface area (Å²) >= 11 is 3.32. The lowest BCUT2D eigenvalue weighted by atomic mass is 10.1. The van der Waals surface area contributed by atoms with Crippen LogP contribution >= 0.6 is 15.9 Å². The molecule has 0 bridgehead atoms. The number of carbonyl (C=O) groups excluding carboxylic acids is 2. The summed E-state index contributed by atoms with van der Waals surface area (Å²) in [6, 6.07) is 7.17. The lowest BCUT2D eigenvalue weighted by molar-refractivity contribution is -0.122. The van der Waals surface area contributed by atoms with Crippen molar-refractivity contribution in [2.24, 2.45) is 0 Å². The molecule has 0 radical (unpaired) electrons. The molecule has 0 aliphatic heterocycles. The highest BCUT2D eigenvalue weighted by Gasteiger charge is 2.12. The van der Waals surface area contributed by atoms with Gasteiger partial charge in [0.1, 0.15) is 0 Å². The monoisotopic (exact) mass is 342 g/mol. The lowest BCUT2D eigenvalue weighted by Gasteiger charge is -2.15. The number of hydrogen-bond acceptors (Lipinski definition) is 4. The van der Waals surface area contributed by atoms with Gasteiger partial charge >= 0.3 is 0 Å². The van der Waals surface area contributed by atoms with Crippen molar-refractivity contribution in [3.8, 4) is 0 Å². The number of ether oxygens (including phenoxy) is 1. The molecule has 0 atom stereocenters. The molecule has 1 rings (SSSR count). The Morgan fingerprint density at radius 2 is 1.90 bits per heavy atom. The van der Waals surface area contributed by atoms with Crippen LogP contribution in [0.2, 0.25) is 0 Å². The van der Waals surface area contributed by atoms with E-state index in [9.17, 15) is 9.59 Å². The molecule has 0 aliphatic rings. The fourth-order valence-electron chi connectivity index (χ4n) is 1.62. The van der Waals surface area contributed by atoms with Crippen LogP contribution < -0.4 is 5.32 Å². The summed E-state index contributed by atoms with van der Waals surface area (Å²) in [5.41, 5.74) is 0.639. The number of benzene rings is 1. The predicted molar refractivity (Wildman–Crippen MR) is 80.9 cm³/mol. The molecule has 0 aliphatic carbocycles. The third-order valence-electron chi connectivity index (χ3n) is 2.62. The van der Waals surface area contributed by atoms with Crippen LogP contribution in [0.5, 0.6) is 0 Å². The van der Waals surface area contributed by atoms with Crippen LogP contribution in [0.3, 0.4) is 0 Å². The largest absolute Gasteiger partial charge is 0.383 e. The van der Waals surface area contributed by atoms with E-state index in [2.05, 4.69) is 21.2 Å². The second-order valence-corrected chi connectivity index (χ2v) is 5.36. The van der Waals surface area contributed by atoms with Gasteiger partial charge in [-0.05, 0) is 19.2 Å². The number of rotatable bonds is 8. The molecule has 1 aromatic rings. The van der Waals surface area contributed by atoms with Gasteiger partial charge in [0.25, 0.3) is 0 Å². The van der Waals surface area contributed by atoms with Crippen LogP contribution in [0.15, 0.2) is 28.7 Å². The molecule has 1 amide bonds. The van der Waals surface area contributed by atoms with Crippen molar-refractivity contribution in [1.82, 2.24) is 10.2 Å². The Bertz CT molecular complexity index is 448. The van der Waals surface area contributed by atoms with E-state index in [-0.39, 0.29) is 24.8 Å². The highest BCUT2D eigenvalue weighted by molar-refractivity contribution is 9.10. The van der Waals surface area contributed by atoms with Gasteiger partial charge in [0.05, 0.1) is 19.7 Å². The molecule has 20 heavy (non-hydrogen) atoms. The molecule has 1 N–H and O–H groups in total. The van der Waals surface area contributed by atoms with E-state index in [1.807, 2.05) is 12.1 Å². The molecule has 1 aromatic carbocycles. The number of hydrogen-bond donors (Lipinski definition) is 1. The van der Waals surface area contributed by atoms with Gasteiger partial charge in [-0.2, -0.15) is 0 Å². The summed E-state index contributed by atoms with van der Waals surface area (Å²) in [5, 5.41) is 2.71. The van der Waals surface area contributed by atoms with E-state index in [4.69, 9.17) is 4.74 Å². The van der Waals surface area contributed by atoms with Gasteiger partial charge in [0, 0.05) is 23.7 Å². The second kappa shape index (κ2) is 8.84. The van der Waals surface area contributed by atoms with Crippen molar-refractivity contribution < 1.29 is 14.3 Å². The molecule has 0 spiro atoms. The molecule has 0 fully saturated rings. The first-order valence-electron chi connectivity index (χ1n) is 6.26. The van der Waals surface area contributed by atoms with E-state index >= 15 is 0 Å². The Morgan fingerprint density at radius 3 is 2.50 bits per heavy atom. The first-order chi connectivity index (χ1) is 9.52. The molecule has 0 aromatic heterocycles. The predicted octanol–water partition coefficient (Wildman–Crippen LogP) is 1.33. The fourth-order valence-corrected chi connectivity index (χ4v) is 1.89. The third-order valence-corrected chi connectivity index (χ3v) is 3.15. The summed E-state index contributed by atoms with van der Waals surface area (Å²) in [6.07, 6.45) is 0. The van der Waals surface area contributed by atoms with Crippen molar-refractivity contribution in [2.45, 2.75) is 0 Å². The maximum atomic E-state index is 12.0. The number of methoxy groups -OCH3 is 1. The zero-order valence-corrected chi connectivity index (χ0v) is 13.3. The molecule has 0 unspecified atom stereocenters. The SMILES string of the molecule is COCCNC(=O)CN(C)CC(=O)c1ccc(Br)cc1. The first kappa shape index (κ1) is 16.8. The zero-order valence-electron chi connectivity index (χ0n) is 11.7.